The lowest BCUT2D eigenvalue weighted by Gasteiger charge is -2.33. The molecule has 0 spiro atoms. The molecule has 0 unspecified atom stereocenters. The minimum absolute atomic E-state index is 0. The number of sulfonamides is 2. The number of esters is 2. The van der Waals surface area contributed by atoms with Gasteiger partial charge < -0.3 is 28.7 Å². The Hall–Kier alpha value is -6.62. The molecule has 359 valence electrons. The molecule has 21 heteroatoms. The van der Waals surface area contributed by atoms with E-state index in [1.54, 1.807) is 62.4 Å². The van der Waals surface area contributed by atoms with E-state index >= 15 is 0 Å². The van der Waals surface area contributed by atoms with E-state index in [1.165, 1.54) is 24.8 Å². The van der Waals surface area contributed by atoms with Crippen molar-refractivity contribution in [3.63, 3.8) is 0 Å². The van der Waals surface area contributed by atoms with Gasteiger partial charge in [-0.3, -0.25) is 0 Å². The second-order valence-corrected chi connectivity index (χ2v) is 18.9. The van der Waals surface area contributed by atoms with Crippen LogP contribution in [0, 0.1) is 0 Å². The van der Waals surface area contributed by atoms with Crippen molar-refractivity contribution in [3.8, 4) is 22.3 Å². The lowest BCUT2D eigenvalue weighted by molar-refractivity contribution is 0.0435. The molecule has 2 aliphatic heterocycles. The molecule has 2 fully saturated rings. The highest BCUT2D eigenvalue weighted by Crippen LogP contribution is 2.23. The fourth-order valence-electron chi connectivity index (χ4n) is 7.14. The molecule has 69 heavy (non-hydrogen) atoms. The lowest BCUT2D eigenvalue weighted by Crippen LogP contribution is -2.48. The molecule has 2 aliphatic rings. The van der Waals surface area contributed by atoms with E-state index in [1.807, 2.05) is 70.5 Å². The zero-order valence-electron chi connectivity index (χ0n) is 38.1. The number of hydrogen-bond acceptors (Lipinski definition) is 16. The molecular weight excluding hydrogens is 924 g/mol. The Bertz CT molecular complexity index is 2610. The topological polar surface area (TPSA) is 221 Å². The van der Waals surface area contributed by atoms with Crippen molar-refractivity contribution < 1.29 is 45.4 Å². The maximum Gasteiger partial charge on any atom is 0.341 e. The molecule has 0 saturated carbocycles. The molecular formula is C48H52BN8O10S2. The Morgan fingerprint density at radius 2 is 0.884 bits per heavy atom. The average molecular weight is 976 g/mol. The second kappa shape index (κ2) is 24.6. The molecule has 2 atom stereocenters. The number of nitrogens with one attached hydrogen (secondary N) is 2. The third kappa shape index (κ3) is 14.2. The molecule has 3 radical (unpaired) electrons. The van der Waals surface area contributed by atoms with Gasteiger partial charge in [0, 0.05) is 72.5 Å². The van der Waals surface area contributed by atoms with Gasteiger partial charge in [0.2, 0.25) is 31.9 Å². The molecule has 0 aliphatic carbocycles. The van der Waals surface area contributed by atoms with Gasteiger partial charge in [0.15, 0.2) is 0 Å². The number of carbonyl (C=O) groups is 2. The summed E-state index contributed by atoms with van der Waals surface area (Å²) in [6, 6.07) is 33.1. The SMILES string of the molecule is CCOC(=O)c1cnc(N2CCO[C@H](CNS(=O)(=O)c3ccc(-c4ccccc4)cc3)C2)nc1.CCOC(=O)c1cnc(N2CCO[C@H](CNS(=O)(=O)c3ccc(-c4ccccc4)cc3)C2)nc1.[B]. The van der Waals surface area contributed by atoms with Gasteiger partial charge in [-0.2, -0.15) is 0 Å². The quantitative estimate of drug-likeness (QED) is 0.0998. The van der Waals surface area contributed by atoms with Gasteiger partial charge in [-0.15, -0.1) is 0 Å². The zero-order valence-corrected chi connectivity index (χ0v) is 39.7. The van der Waals surface area contributed by atoms with Crippen LogP contribution in [-0.4, -0.2) is 135 Å². The number of morpholine rings is 2. The zero-order chi connectivity index (χ0) is 47.9. The Morgan fingerprint density at radius 3 is 1.22 bits per heavy atom. The van der Waals surface area contributed by atoms with Crippen molar-refractivity contribution in [2.24, 2.45) is 0 Å². The Balaban J connectivity index is 0.000000224. The summed E-state index contributed by atoms with van der Waals surface area (Å²) in [6.07, 6.45) is 4.94. The Labute approximate surface area is 404 Å². The van der Waals surface area contributed by atoms with Gasteiger partial charge in [0.1, 0.15) is 0 Å². The van der Waals surface area contributed by atoms with Crippen LogP contribution < -0.4 is 19.2 Å². The smallest absolute Gasteiger partial charge is 0.341 e. The summed E-state index contributed by atoms with van der Waals surface area (Å²) in [4.78, 5) is 44.7. The molecule has 2 aromatic heterocycles. The number of hydrogen-bond donors (Lipinski definition) is 2. The highest BCUT2D eigenvalue weighted by Gasteiger charge is 2.27. The lowest BCUT2D eigenvalue weighted by atomic mass is 10.1. The Morgan fingerprint density at radius 1 is 0.551 bits per heavy atom. The van der Waals surface area contributed by atoms with Crippen molar-refractivity contribution in [2.45, 2.75) is 35.8 Å². The molecule has 18 nitrogen and oxygen atoms in total. The minimum Gasteiger partial charge on any atom is -0.462 e. The molecule has 0 bridgehead atoms. The van der Waals surface area contributed by atoms with Crippen molar-refractivity contribution in [1.82, 2.24) is 29.4 Å². The highest BCUT2D eigenvalue weighted by atomic mass is 32.2. The van der Waals surface area contributed by atoms with Gasteiger partial charge >= 0.3 is 11.9 Å². The van der Waals surface area contributed by atoms with Gasteiger partial charge in [-0.1, -0.05) is 84.9 Å². The van der Waals surface area contributed by atoms with E-state index in [2.05, 4.69) is 29.4 Å². The van der Waals surface area contributed by atoms with Crippen molar-refractivity contribution in [1.29, 1.82) is 0 Å². The molecule has 8 rings (SSSR count). The van der Waals surface area contributed by atoms with Gasteiger partial charge in [-0.25, -0.2) is 55.8 Å². The maximum atomic E-state index is 12.8. The summed E-state index contributed by atoms with van der Waals surface area (Å²) in [6.45, 7) is 6.98. The van der Waals surface area contributed by atoms with Gasteiger partial charge in [-0.05, 0) is 60.4 Å². The van der Waals surface area contributed by atoms with Crippen molar-refractivity contribution in [2.75, 3.05) is 75.5 Å². The number of nitrogens with zero attached hydrogens (tertiary/aromatic N) is 6. The monoisotopic (exact) mass is 975 g/mol. The number of carbonyl (C=O) groups excluding carboxylic acids is 2. The summed E-state index contributed by atoms with van der Waals surface area (Å²) < 4.78 is 77.7. The third-order valence-corrected chi connectivity index (χ3v) is 13.6. The highest BCUT2D eigenvalue weighted by molar-refractivity contribution is 7.89. The third-order valence-electron chi connectivity index (χ3n) is 10.7. The maximum absolute atomic E-state index is 12.8. The first-order valence-electron chi connectivity index (χ1n) is 21.9. The van der Waals surface area contributed by atoms with Crippen LogP contribution in [0.4, 0.5) is 11.9 Å². The molecule has 2 N–H and O–H groups in total. The number of ether oxygens (including phenoxy) is 4. The van der Waals surface area contributed by atoms with Gasteiger partial charge in [0.25, 0.3) is 0 Å². The summed E-state index contributed by atoms with van der Waals surface area (Å²) in [5.41, 5.74) is 4.49. The first-order valence-corrected chi connectivity index (χ1v) is 24.9. The molecule has 6 aromatic rings. The van der Waals surface area contributed by atoms with E-state index in [-0.39, 0.29) is 67.8 Å². The summed E-state index contributed by atoms with van der Waals surface area (Å²) in [7, 11) is -7.39. The van der Waals surface area contributed by atoms with E-state index in [4.69, 9.17) is 18.9 Å². The molecule has 4 aromatic carbocycles. The fourth-order valence-corrected chi connectivity index (χ4v) is 9.28. The minimum atomic E-state index is -3.69. The summed E-state index contributed by atoms with van der Waals surface area (Å²) in [5, 5.41) is 0. The summed E-state index contributed by atoms with van der Waals surface area (Å²) >= 11 is 0. The summed E-state index contributed by atoms with van der Waals surface area (Å²) in [5.74, 6) is -0.0540. The van der Waals surface area contributed by atoms with Crippen LogP contribution in [0.25, 0.3) is 22.3 Å². The van der Waals surface area contributed by atoms with E-state index in [0.29, 0.717) is 51.3 Å². The fraction of sp³-hybridized carbons (Fsp3) is 0.292. The predicted molar refractivity (Wildman–Crippen MR) is 260 cm³/mol. The molecule has 2 saturated heterocycles. The first kappa shape index (κ1) is 51.8. The number of rotatable bonds is 16. The van der Waals surface area contributed by atoms with Crippen LogP contribution in [0.5, 0.6) is 0 Å². The van der Waals surface area contributed by atoms with E-state index in [0.717, 1.165) is 22.3 Å². The van der Waals surface area contributed by atoms with Crippen molar-refractivity contribution in [3.05, 3.63) is 145 Å². The number of aromatic nitrogens is 4. The molecule has 0 amide bonds. The molecule has 4 heterocycles. The van der Waals surface area contributed by atoms with Crippen LogP contribution in [0.1, 0.15) is 34.6 Å². The van der Waals surface area contributed by atoms with Crippen LogP contribution in [0.15, 0.2) is 144 Å². The second-order valence-electron chi connectivity index (χ2n) is 15.3. The van der Waals surface area contributed by atoms with Crippen LogP contribution in [0.3, 0.4) is 0 Å². The van der Waals surface area contributed by atoms with Crippen LogP contribution in [0.2, 0.25) is 0 Å². The first-order chi connectivity index (χ1) is 32.9. The standard InChI is InChI=1S/2C24H26N4O5S.B/c2*1-2-32-23(29)20-14-25-24(26-15-20)28-12-13-33-21(17-28)16-27-34(30,31)22-10-8-19(9-11-22)18-6-4-3-5-7-18;/h2*3-11,14-15,21,27H,2,12-13,16-17H2,1H3;/t2*21-;/m11./s1. The normalized spacial score (nSPS) is 16.0. The van der Waals surface area contributed by atoms with E-state index in [9.17, 15) is 26.4 Å². The number of anilines is 2. The van der Waals surface area contributed by atoms with Gasteiger partial charge in [0.05, 0.1) is 59.6 Å². The van der Waals surface area contributed by atoms with Crippen LogP contribution in [-0.2, 0) is 39.0 Å². The predicted octanol–water partition coefficient (Wildman–Crippen LogP) is 4.63. The number of benzene rings is 4. The average Bonchev–Trinajstić information content (AvgIpc) is 3.39. The van der Waals surface area contributed by atoms with E-state index < -0.39 is 32.0 Å². The largest absolute Gasteiger partial charge is 0.462 e. The van der Waals surface area contributed by atoms with Crippen LogP contribution >= 0.6 is 0 Å². The Kier molecular flexibility index (Phi) is 18.5. The van der Waals surface area contributed by atoms with Crippen molar-refractivity contribution >= 4 is 52.3 Å².